The van der Waals surface area contributed by atoms with Crippen molar-refractivity contribution in [2.24, 2.45) is 0 Å². The van der Waals surface area contributed by atoms with Gasteiger partial charge in [-0.05, 0) is 64.0 Å². The number of nitrogens with one attached hydrogen (secondary N) is 2. The van der Waals surface area contributed by atoms with Crippen LogP contribution < -0.4 is 10.1 Å². The van der Waals surface area contributed by atoms with Crippen LogP contribution in [0.2, 0.25) is 5.15 Å². The van der Waals surface area contributed by atoms with E-state index in [1.165, 1.54) is 6.07 Å². The number of aromatic nitrogens is 2. The Hall–Kier alpha value is -3.52. The summed E-state index contributed by atoms with van der Waals surface area (Å²) in [5.41, 5.74) is 1.84. The van der Waals surface area contributed by atoms with Crippen molar-refractivity contribution < 1.29 is 28.9 Å². The van der Waals surface area contributed by atoms with E-state index in [0.29, 0.717) is 14.9 Å². The third-order valence-corrected chi connectivity index (χ3v) is 8.02. The predicted octanol–water partition coefficient (Wildman–Crippen LogP) is 5.34. The summed E-state index contributed by atoms with van der Waals surface area (Å²) in [5.74, 6) is -0.729. The van der Waals surface area contributed by atoms with Gasteiger partial charge in [0.05, 0.1) is 12.3 Å². The molecule has 1 fully saturated rings. The fourth-order valence-electron chi connectivity index (χ4n) is 4.89. The van der Waals surface area contributed by atoms with Crippen molar-refractivity contribution in [3.63, 3.8) is 0 Å². The lowest BCUT2D eigenvalue weighted by Crippen LogP contribution is -2.38. The minimum atomic E-state index is -1.02. The summed E-state index contributed by atoms with van der Waals surface area (Å²) in [6.45, 7) is 1.35. The van der Waals surface area contributed by atoms with Crippen molar-refractivity contribution in [1.29, 1.82) is 0 Å². The van der Waals surface area contributed by atoms with Gasteiger partial charge in [0.25, 0.3) is 5.91 Å². The molecule has 12 heteroatoms. The van der Waals surface area contributed by atoms with Crippen LogP contribution in [0.4, 0.5) is 9.18 Å². The molecule has 1 aliphatic rings. The highest BCUT2D eigenvalue weighted by molar-refractivity contribution is 14.1. The third-order valence-electron chi connectivity index (χ3n) is 7.07. The van der Waals surface area contributed by atoms with Crippen LogP contribution in [0.3, 0.4) is 0 Å². The highest BCUT2D eigenvalue weighted by Crippen LogP contribution is 2.41. The average molecular weight is 705 g/mol. The molecule has 0 saturated carbocycles. The van der Waals surface area contributed by atoms with E-state index in [9.17, 15) is 19.1 Å². The number of rotatable bonds is 10. The van der Waals surface area contributed by atoms with Gasteiger partial charge in [-0.3, -0.25) is 9.69 Å². The quantitative estimate of drug-likeness (QED) is 0.130. The molecule has 9 nitrogen and oxygen atoms in total. The number of H-pyrrole nitrogens is 1. The molecule has 1 unspecified atom stereocenters. The van der Waals surface area contributed by atoms with Gasteiger partial charge in [-0.2, -0.15) is 0 Å². The number of aromatic amines is 1. The molecular formula is C30H27ClFIN4O5. The zero-order valence-corrected chi connectivity index (χ0v) is 25.2. The van der Waals surface area contributed by atoms with Crippen LogP contribution in [0.15, 0.2) is 72.8 Å². The van der Waals surface area contributed by atoms with Gasteiger partial charge < -0.3 is 25.3 Å². The first-order valence-corrected chi connectivity index (χ1v) is 14.5. The standard InChI is InChI=1S/C30H27ClFIN4O5/c1-16(17-5-3-2-4-6-17)26(28-34-25(27(31)36-28)22-12-9-19(33)13-23(22)32)37-29(40)24(35-30(37)41)18-7-10-21(11-8-18)42-15-20(39)14-38/h2-13,16,20,24,26,38-39H,14-15H2,1H3,(H,34,36)(H,35,41)/t16-,20-,24+,26?/m0/s1. The molecule has 4 atom stereocenters. The number of aliphatic hydroxyl groups excluding tert-OH is 2. The molecule has 1 aromatic heterocycles. The van der Waals surface area contributed by atoms with Crippen LogP contribution in [0.1, 0.15) is 41.9 Å². The van der Waals surface area contributed by atoms with Crippen LogP contribution in [-0.4, -0.2) is 56.3 Å². The summed E-state index contributed by atoms with van der Waals surface area (Å²) in [6.07, 6.45) is -1.02. The van der Waals surface area contributed by atoms with Crippen LogP contribution in [-0.2, 0) is 4.79 Å². The minimum absolute atomic E-state index is 0.0147. The normalized spacial score (nSPS) is 17.2. The molecule has 1 aliphatic heterocycles. The number of ether oxygens (including phenoxy) is 1. The van der Waals surface area contributed by atoms with E-state index in [2.05, 4.69) is 15.3 Å². The Bertz CT molecular complexity index is 1590. The number of hydrogen-bond donors (Lipinski definition) is 4. The number of nitrogens with zero attached hydrogens (tertiary/aromatic N) is 2. The first-order valence-electron chi connectivity index (χ1n) is 13.1. The number of carbonyl (C=O) groups excluding carboxylic acids is 2. The first-order chi connectivity index (χ1) is 20.2. The number of amides is 3. The fraction of sp³-hybridized carbons (Fsp3) is 0.233. The lowest BCUT2D eigenvalue weighted by Gasteiger charge is -2.29. The number of halogens is 3. The Morgan fingerprint density at radius 1 is 1.12 bits per heavy atom. The second kappa shape index (κ2) is 12.8. The third kappa shape index (κ3) is 6.14. The van der Waals surface area contributed by atoms with Gasteiger partial charge in [0.2, 0.25) is 0 Å². The Morgan fingerprint density at radius 3 is 2.50 bits per heavy atom. The minimum Gasteiger partial charge on any atom is -0.491 e. The van der Waals surface area contributed by atoms with Crippen LogP contribution in [0.25, 0.3) is 11.3 Å². The van der Waals surface area contributed by atoms with Crippen molar-refractivity contribution in [3.8, 4) is 17.0 Å². The van der Waals surface area contributed by atoms with Crippen LogP contribution in [0.5, 0.6) is 5.75 Å². The number of urea groups is 1. The Balaban J connectivity index is 1.49. The molecular weight excluding hydrogens is 678 g/mol. The fourth-order valence-corrected chi connectivity index (χ4v) is 5.58. The van der Waals surface area contributed by atoms with Gasteiger partial charge in [0.15, 0.2) is 5.15 Å². The summed E-state index contributed by atoms with van der Waals surface area (Å²) in [5, 5.41) is 21.3. The second-order valence-corrected chi connectivity index (χ2v) is 11.5. The monoisotopic (exact) mass is 704 g/mol. The summed E-state index contributed by atoms with van der Waals surface area (Å²) in [6, 6.07) is 18.1. The molecule has 3 aromatic carbocycles. The van der Waals surface area contributed by atoms with Gasteiger partial charge in [0, 0.05) is 15.1 Å². The number of aliphatic hydroxyl groups is 2. The summed E-state index contributed by atoms with van der Waals surface area (Å²) >= 11 is 8.52. The van der Waals surface area contributed by atoms with Gasteiger partial charge in [-0.25, -0.2) is 14.2 Å². The molecule has 5 rings (SSSR count). The molecule has 0 aliphatic carbocycles. The molecule has 3 amide bonds. The van der Waals surface area contributed by atoms with Crippen molar-refractivity contribution in [2.75, 3.05) is 13.2 Å². The molecule has 0 bridgehead atoms. The Morgan fingerprint density at radius 2 is 1.83 bits per heavy atom. The highest BCUT2D eigenvalue weighted by Gasteiger charge is 2.46. The van der Waals surface area contributed by atoms with E-state index in [4.69, 9.17) is 21.4 Å². The molecule has 218 valence electrons. The number of benzene rings is 3. The van der Waals surface area contributed by atoms with Gasteiger partial charge in [-0.1, -0.05) is 61.0 Å². The topological polar surface area (TPSA) is 128 Å². The van der Waals surface area contributed by atoms with Crippen LogP contribution >= 0.6 is 34.2 Å². The second-order valence-electron chi connectivity index (χ2n) is 9.86. The summed E-state index contributed by atoms with van der Waals surface area (Å²) in [7, 11) is 0. The molecule has 1 saturated heterocycles. The number of carbonyl (C=O) groups is 2. The van der Waals surface area contributed by atoms with Gasteiger partial charge in [-0.15, -0.1) is 0 Å². The Labute approximate surface area is 259 Å². The molecule has 42 heavy (non-hydrogen) atoms. The average Bonchev–Trinajstić information content (AvgIpc) is 3.51. The van der Waals surface area contributed by atoms with Gasteiger partial charge in [0.1, 0.15) is 42.2 Å². The van der Waals surface area contributed by atoms with E-state index < -0.39 is 48.5 Å². The number of imide groups is 1. The lowest BCUT2D eigenvalue weighted by molar-refractivity contribution is -0.129. The smallest absolute Gasteiger partial charge is 0.325 e. The van der Waals surface area contributed by atoms with E-state index in [-0.39, 0.29) is 28.8 Å². The van der Waals surface area contributed by atoms with Gasteiger partial charge >= 0.3 is 6.03 Å². The summed E-state index contributed by atoms with van der Waals surface area (Å²) < 4.78 is 21.0. The van der Waals surface area contributed by atoms with Crippen molar-refractivity contribution in [2.45, 2.75) is 31.0 Å². The highest BCUT2D eigenvalue weighted by atomic mass is 127. The van der Waals surface area contributed by atoms with E-state index in [1.807, 2.05) is 59.8 Å². The first kappa shape index (κ1) is 30.0. The molecule has 0 radical (unpaired) electrons. The van der Waals surface area contributed by atoms with Crippen molar-refractivity contribution >= 4 is 46.1 Å². The molecule has 0 spiro atoms. The van der Waals surface area contributed by atoms with E-state index >= 15 is 0 Å². The molecule has 4 aromatic rings. The predicted molar refractivity (Wildman–Crippen MR) is 162 cm³/mol. The molecule has 2 heterocycles. The Kier molecular flexibility index (Phi) is 9.11. The largest absolute Gasteiger partial charge is 0.491 e. The zero-order chi connectivity index (χ0) is 30.0. The lowest BCUT2D eigenvalue weighted by atomic mass is 9.91. The number of hydrogen-bond acceptors (Lipinski definition) is 6. The maximum Gasteiger partial charge on any atom is 0.325 e. The maximum atomic E-state index is 14.9. The van der Waals surface area contributed by atoms with Crippen LogP contribution in [0, 0.1) is 9.39 Å². The number of imidazole rings is 1. The SMILES string of the molecule is C[C@@H](c1ccccc1)C(c1nc(Cl)c(-c2ccc(I)cc2F)[nH]1)N1C(=O)N[C@H](c2ccc(OC[C@@H](O)CO)cc2)C1=O. The summed E-state index contributed by atoms with van der Waals surface area (Å²) in [4.78, 5) is 36.0. The molecule has 4 N–H and O–H groups in total. The van der Waals surface area contributed by atoms with Crippen molar-refractivity contribution in [1.82, 2.24) is 20.2 Å². The van der Waals surface area contributed by atoms with Crippen molar-refractivity contribution in [3.05, 3.63) is 104 Å². The van der Waals surface area contributed by atoms with E-state index in [1.54, 1.807) is 36.4 Å². The van der Waals surface area contributed by atoms with E-state index in [0.717, 1.165) is 10.5 Å². The maximum absolute atomic E-state index is 14.9. The zero-order valence-electron chi connectivity index (χ0n) is 22.3.